The van der Waals surface area contributed by atoms with E-state index in [1.165, 1.54) is 0 Å². The molecule has 0 bridgehead atoms. The van der Waals surface area contributed by atoms with Crippen molar-refractivity contribution in [2.45, 2.75) is 26.7 Å². The van der Waals surface area contributed by atoms with Crippen LogP contribution in [0.1, 0.15) is 26.7 Å². The number of nitrogens with two attached hydrogens (primary N) is 1. The monoisotopic (exact) mass is 152 g/mol. The molecule has 0 aliphatic rings. The van der Waals surface area contributed by atoms with Gasteiger partial charge in [0.15, 0.2) is 0 Å². The minimum atomic E-state index is -0.626. The average molecular weight is 152 g/mol. The molecule has 3 nitrogen and oxygen atoms in total. The third-order valence-electron chi connectivity index (χ3n) is 1.41. The maximum atomic E-state index is 10.6. The highest BCUT2D eigenvalue weighted by Crippen LogP contribution is 2.08. The van der Waals surface area contributed by atoms with Crippen LogP contribution in [0.15, 0.2) is 11.1 Å². The van der Waals surface area contributed by atoms with Crippen molar-refractivity contribution in [1.29, 1.82) is 5.26 Å². The Morgan fingerprint density at radius 1 is 1.64 bits per heavy atom. The van der Waals surface area contributed by atoms with E-state index >= 15 is 0 Å². The lowest BCUT2D eigenvalue weighted by Gasteiger charge is -1.98. The predicted octanol–water partition coefficient (Wildman–Crippen LogP) is 1.11. The van der Waals surface area contributed by atoms with E-state index in [0.717, 1.165) is 18.4 Å². The van der Waals surface area contributed by atoms with Gasteiger partial charge in [0.25, 0.3) is 5.91 Å². The highest BCUT2D eigenvalue weighted by molar-refractivity contribution is 5.96. The fraction of sp³-hybridized carbons (Fsp3) is 0.500. The largest absolute Gasteiger partial charge is 0.365 e. The number of hydrogen-bond acceptors (Lipinski definition) is 2. The second-order valence-corrected chi connectivity index (χ2v) is 2.38. The lowest BCUT2D eigenvalue weighted by Crippen LogP contribution is -2.14. The molecular weight excluding hydrogens is 140 g/mol. The zero-order chi connectivity index (χ0) is 8.85. The molecule has 0 atom stereocenters. The van der Waals surface area contributed by atoms with Crippen LogP contribution >= 0.6 is 0 Å². The molecule has 60 valence electrons. The van der Waals surface area contributed by atoms with E-state index in [1.807, 2.05) is 6.92 Å². The van der Waals surface area contributed by atoms with Gasteiger partial charge in [-0.2, -0.15) is 5.26 Å². The molecule has 2 N–H and O–H groups in total. The standard InChI is InChI=1S/C8H12N2O/c1-3-4-6(2)7(5-9)8(10)11/h3-4H2,1-2H3,(H2,10,11). The van der Waals surface area contributed by atoms with Gasteiger partial charge < -0.3 is 5.73 Å². The van der Waals surface area contributed by atoms with Gasteiger partial charge in [-0.3, -0.25) is 4.79 Å². The molecule has 3 heteroatoms. The van der Waals surface area contributed by atoms with E-state index in [0.29, 0.717) is 0 Å². The zero-order valence-electron chi connectivity index (χ0n) is 6.85. The molecule has 0 rings (SSSR count). The number of carbonyl (C=O) groups excluding carboxylic acids is 1. The van der Waals surface area contributed by atoms with Crippen LogP contribution in [0, 0.1) is 11.3 Å². The molecule has 0 aromatic carbocycles. The SMILES string of the molecule is CCCC(C)=C(C#N)C(N)=O. The molecule has 0 saturated heterocycles. The topological polar surface area (TPSA) is 66.9 Å². The summed E-state index contributed by atoms with van der Waals surface area (Å²) < 4.78 is 0. The van der Waals surface area contributed by atoms with Crippen LogP contribution in [0.25, 0.3) is 0 Å². The summed E-state index contributed by atoms with van der Waals surface area (Å²) in [6.45, 7) is 3.74. The number of primary amides is 1. The van der Waals surface area contributed by atoms with Crippen LogP contribution in [-0.4, -0.2) is 5.91 Å². The van der Waals surface area contributed by atoms with Gasteiger partial charge in [-0.1, -0.05) is 13.3 Å². The molecule has 0 aliphatic heterocycles. The van der Waals surface area contributed by atoms with Crippen molar-refractivity contribution in [3.05, 3.63) is 11.1 Å². The molecule has 0 heterocycles. The van der Waals surface area contributed by atoms with E-state index in [2.05, 4.69) is 0 Å². The Balaban J connectivity index is 4.58. The number of rotatable bonds is 3. The van der Waals surface area contributed by atoms with E-state index in [1.54, 1.807) is 13.0 Å². The van der Waals surface area contributed by atoms with Crippen molar-refractivity contribution in [2.75, 3.05) is 0 Å². The van der Waals surface area contributed by atoms with Crippen LogP contribution in [0.5, 0.6) is 0 Å². The highest BCUT2D eigenvalue weighted by Gasteiger charge is 2.06. The van der Waals surface area contributed by atoms with Crippen molar-refractivity contribution in [1.82, 2.24) is 0 Å². The summed E-state index contributed by atoms with van der Waals surface area (Å²) in [5.41, 5.74) is 5.84. The minimum Gasteiger partial charge on any atom is -0.365 e. The number of allylic oxidation sites excluding steroid dienone is 1. The molecule has 11 heavy (non-hydrogen) atoms. The van der Waals surface area contributed by atoms with Crippen molar-refractivity contribution in [3.8, 4) is 6.07 Å². The number of hydrogen-bond donors (Lipinski definition) is 1. The minimum absolute atomic E-state index is 0.104. The molecule has 1 amide bonds. The zero-order valence-corrected chi connectivity index (χ0v) is 6.85. The second kappa shape index (κ2) is 4.51. The number of amides is 1. The van der Waals surface area contributed by atoms with Crippen molar-refractivity contribution < 1.29 is 4.79 Å². The summed E-state index contributed by atoms with van der Waals surface area (Å²) in [6, 6.07) is 1.79. The van der Waals surface area contributed by atoms with Crippen LogP contribution in [0.2, 0.25) is 0 Å². The molecule has 0 aromatic rings. The van der Waals surface area contributed by atoms with Gasteiger partial charge in [0.05, 0.1) is 0 Å². The van der Waals surface area contributed by atoms with Gasteiger partial charge in [-0.05, 0) is 18.9 Å². The van der Waals surface area contributed by atoms with Crippen LogP contribution in [0.4, 0.5) is 0 Å². The van der Waals surface area contributed by atoms with E-state index in [9.17, 15) is 4.79 Å². The van der Waals surface area contributed by atoms with Crippen LogP contribution in [0.3, 0.4) is 0 Å². The van der Waals surface area contributed by atoms with Crippen LogP contribution in [-0.2, 0) is 4.79 Å². The summed E-state index contributed by atoms with van der Waals surface area (Å²) in [5.74, 6) is -0.626. The van der Waals surface area contributed by atoms with Gasteiger partial charge in [0.2, 0.25) is 0 Å². The summed E-state index contributed by atoms with van der Waals surface area (Å²) >= 11 is 0. The Labute approximate surface area is 66.5 Å². The second-order valence-electron chi connectivity index (χ2n) is 2.38. The number of nitriles is 1. The first-order valence-corrected chi connectivity index (χ1v) is 3.53. The molecule has 0 saturated carbocycles. The predicted molar refractivity (Wildman–Crippen MR) is 42.4 cm³/mol. The first-order valence-electron chi connectivity index (χ1n) is 3.53. The van der Waals surface area contributed by atoms with Gasteiger partial charge >= 0.3 is 0 Å². The fourth-order valence-electron chi connectivity index (χ4n) is 0.861. The first-order chi connectivity index (χ1) is 5.13. The smallest absolute Gasteiger partial charge is 0.259 e. The van der Waals surface area contributed by atoms with Gasteiger partial charge in [-0.25, -0.2) is 0 Å². The summed E-state index contributed by atoms with van der Waals surface area (Å²) in [7, 11) is 0. The lowest BCUT2D eigenvalue weighted by molar-refractivity contribution is -0.114. The number of nitrogens with zero attached hydrogens (tertiary/aromatic N) is 1. The summed E-state index contributed by atoms with van der Waals surface area (Å²) in [4.78, 5) is 10.6. The van der Waals surface area contributed by atoms with Crippen molar-refractivity contribution in [3.63, 3.8) is 0 Å². The quantitative estimate of drug-likeness (QED) is 0.486. The highest BCUT2D eigenvalue weighted by atomic mass is 16.1. The fourth-order valence-corrected chi connectivity index (χ4v) is 0.861. The van der Waals surface area contributed by atoms with Gasteiger partial charge in [0, 0.05) is 0 Å². The van der Waals surface area contributed by atoms with Crippen LogP contribution < -0.4 is 5.73 Å². The lowest BCUT2D eigenvalue weighted by atomic mass is 10.1. The van der Waals surface area contributed by atoms with E-state index in [-0.39, 0.29) is 5.57 Å². The van der Waals surface area contributed by atoms with Gasteiger partial charge in [-0.15, -0.1) is 0 Å². The summed E-state index contributed by atoms with van der Waals surface area (Å²) in [5, 5.41) is 8.48. The third kappa shape index (κ3) is 2.85. The maximum Gasteiger partial charge on any atom is 0.259 e. The Kier molecular flexibility index (Phi) is 3.97. The molecule has 0 aliphatic carbocycles. The molecule has 0 spiro atoms. The first kappa shape index (κ1) is 9.70. The normalized spacial score (nSPS) is 11.7. The summed E-state index contributed by atoms with van der Waals surface area (Å²) in [6.07, 6.45) is 1.68. The Morgan fingerprint density at radius 3 is 2.45 bits per heavy atom. The maximum absolute atomic E-state index is 10.6. The molecule has 0 radical (unpaired) electrons. The average Bonchev–Trinajstić information content (AvgIpc) is 1.88. The van der Waals surface area contributed by atoms with Crippen molar-refractivity contribution in [2.24, 2.45) is 5.73 Å². The molecule has 0 aromatic heterocycles. The molecule has 0 unspecified atom stereocenters. The Hall–Kier alpha value is -1.30. The third-order valence-corrected chi connectivity index (χ3v) is 1.41. The molecular formula is C8H12N2O. The Morgan fingerprint density at radius 2 is 2.18 bits per heavy atom. The number of carbonyl (C=O) groups is 1. The van der Waals surface area contributed by atoms with Crippen molar-refractivity contribution >= 4 is 5.91 Å². The molecule has 0 fully saturated rings. The Bertz CT molecular complexity index is 223. The van der Waals surface area contributed by atoms with Gasteiger partial charge in [0.1, 0.15) is 11.6 Å². The van der Waals surface area contributed by atoms with E-state index < -0.39 is 5.91 Å². The van der Waals surface area contributed by atoms with E-state index in [4.69, 9.17) is 11.0 Å².